The summed E-state index contributed by atoms with van der Waals surface area (Å²) in [6.07, 6.45) is 8.34. The molecule has 0 amide bonds. The second kappa shape index (κ2) is 7.55. The van der Waals surface area contributed by atoms with E-state index < -0.39 is 0 Å². The molecule has 1 fully saturated rings. The van der Waals surface area contributed by atoms with Crippen LogP contribution in [0.25, 0.3) is 0 Å². The molecular weight excluding hydrogens is 404 g/mol. The smallest absolute Gasteiger partial charge is 0.374 e. The minimum atomic E-state index is 0.575. The lowest BCUT2D eigenvalue weighted by Crippen LogP contribution is -2.13. The molecule has 1 aliphatic heterocycles. The van der Waals surface area contributed by atoms with E-state index in [2.05, 4.69) is 76.4 Å². The van der Waals surface area contributed by atoms with Gasteiger partial charge in [-0.15, -0.1) is 0 Å². The maximum atomic E-state index is 4.57. The molecule has 2 heterocycles. The highest BCUT2D eigenvalue weighted by molar-refractivity contribution is 9.10. The first-order valence-corrected chi connectivity index (χ1v) is 9.80. The Labute approximate surface area is 167 Å². The van der Waals surface area contributed by atoms with Gasteiger partial charge in [0.15, 0.2) is 6.21 Å². The predicted octanol–water partition coefficient (Wildman–Crippen LogP) is 3.22. The van der Waals surface area contributed by atoms with Gasteiger partial charge in [0.25, 0.3) is 0 Å². The van der Waals surface area contributed by atoms with Crippen LogP contribution in [0.15, 0.2) is 46.6 Å². The fourth-order valence-corrected chi connectivity index (χ4v) is 3.13. The minimum absolute atomic E-state index is 0.575. The first-order valence-electron chi connectivity index (χ1n) is 9.01. The number of nitrogens with one attached hydrogen (secondary N) is 2. The summed E-state index contributed by atoms with van der Waals surface area (Å²) >= 11 is 3.51. The molecular formula is C20H22BrN6+. The molecule has 0 saturated heterocycles. The molecule has 1 aliphatic carbocycles. The minimum Gasteiger partial charge on any atom is -0.378 e. The van der Waals surface area contributed by atoms with Crippen molar-refractivity contribution in [1.29, 1.82) is 0 Å². The summed E-state index contributed by atoms with van der Waals surface area (Å²) in [4.78, 5) is 11.0. The van der Waals surface area contributed by atoms with Gasteiger partial charge in [0.2, 0.25) is 11.8 Å². The Kier molecular flexibility index (Phi) is 4.97. The molecule has 0 spiro atoms. The second-order valence-corrected chi connectivity index (χ2v) is 7.85. The number of benzene rings is 1. The Morgan fingerprint density at radius 1 is 1.22 bits per heavy atom. The maximum Gasteiger partial charge on any atom is 0.374 e. The van der Waals surface area contributed by atoms with Gasteiger partial charge >= 0.3 is 5.84 Å². The zero-order valence-corrected chi connectivity index (χ0v) is 17.0. The van der Waals surface area contributed by atoms with Gasteiger partial charge in [-0.1, -0.05) is 12.1 Å². The van der Waals surface area contributed by atoms with E-state index in [4.69, 9.17) is 0 Å². The number of hydrogen-bond donors (Lipinski definition) is 2. The third kappa shape index (κ3) is 4.38. The van der Waals surface area contributed by atoms with Crippen LogP contribution in [0.4, 0.5) is 17.5 Å². The SMILES string of the molecule is CN(C)c1ccc(CNc2ncc(Br)c(NC3=[N+]=CC(C4CC4)=C3)n2)cc1. The summed E-state index contributed by atoms with van der Waals surface area (Å²) in [5.74, 6) is 2.79. The van der Waals surface area contributed by atoms with E-state index in [1.54, 1.807) is 6.20 Å². The van der Waals surface area contributed by atoms with E-state index >= 15 is 0 Å². The van der Waals surface area contributed by atoms with Crippen molar-refractivity contribution in [3.05, 3.63) is 52.1 Å². The number of hydrogen-bond acceptors (Lipinski definition) is 5. The second-order valence-electron chi connectivity index (χ2n) is 6.99. The molecule has 0 radical (unpaired) electrons. The van der Waals surface area contributed by atoms with E-state index in [0.29, 0.717) is 24.2 Å². The van der Waals surface area contributed by atoms with Crippen LogP contribution in [0.5, 0.6) is 0 Å². The largest absolute Gasteiger partial charge is 0.378 e. The van der Waals surface area contributed by atoms with Crippen molar-refractivity contribution < 1.29 is 0 Å². The normalized spacial score (nSPS) is 15.4. The number of anilines is 3. The number of aromatic nitrogens is 2. The maximum absolute atomic E-state index is 4.57. The molecule has 0 bridgehead atoms. The van der Waals surface area contributed by atoms with Crippen LogP contribution < -0.4 is 20.2 Å². The molecule has 2 aliphatic rings. The van der Waals surface area contributed by atoms with Gasteiger partial charge in [-0.2, -0.15) is 4.98 Å². The Balaban J connectivity index is 1.40. The van der Waals surface area contributed by atoms with E-state index in [-0.39, 0.29) is 0 Å². The molecule has 138 valence electrons. The van der Waals surface area contributed by atoms with Crippen molar-refractivity contribution >= 4 is 45.4 Å². The molecule has 27 heavy (non-hydrogen) atoms. The average molecular weight is 426 g/mol. The molecule has 1 aromatic carbocycles. The van der Waals surface area contributed by atoms with Gasteiger partial charge in [-0.3, -0.25) is 0 Å². The Hall–Kier alpha value is -2.63. The summed E-state index contributed by atoms with van der Waals surface area (Å²) in [5, 5.41) is 6.56. The number of allylic oxidation sites excluding steroid dienone is 1. The molecule has 6 nitrogen and oxygen atoms in total. The highest BCUT2D eigenvalue weighted by atomic mass is 79.9. The van der Waals surface area contributed by atoms with Gasteiger partial charge in [-0.25, -0.2) is 15.0 Å². The summed E-state index contributed by atoms with van der Waals surface area (Å²) < 4.78 is 5.25. The van der Waals surface area contributed by atoms with E-state index in [1.807, 2.05) is 20.3 Å². The number of halogens is 1. The van der Waals surface area contributed by atoms with Gasteiger partial charge < -0.3 is 10.2 Å². The van der Waals surface area contributed by atoms with Crippen LogP contribution >= 0.6 is 15.9 Å². The third-order valence-electron chi connectivity index (χ3n) is 4.60. The van der Waals surface area contributed by atoms with E-state index in [9.17, 15) is 0 Å². The van der Waals surface area contributed by atoms with Crippen LogP contribution in [0, 0.1) is 5.92 Å². The highest BCUT2D eigenvalue weighted by Crippen LogP contribution is 2.35. The zero-order valence-electron chi connectivity index (χ0n) is 15.4. The molecule has 4 rings (SSSR count). The van der Waals surface area contributed by atoms with Gasteiger partial charge in [0.1, 0.15) is 4.47 Å². The van der Waals surface area contributed by atoms with Gasteiger partial charge in [0.05, 0.1) is 12.3 Å². The first-order chi connectivity index (χ1) is 13.1. The molecule has 7 heteroatoms. The molecule has 0 unspecified atom stereocenters. The standard InChI is InChI=1S/C20H21BrN6/c1-27(2)16-7-3-13(4-8-16)10-23-20-24-12-17(21)19(26-20)25-18-9-15(11-22-18)14-5-6-14/h3-4,7-9,11-12,14H,5-6,10H2,1-2H3,(H,23,24,26)/p+1. The van der Waals surface area contributed by atoms with Crippen molar-refractivity contribution in [2.75, 3.05) is 29.6 Å². The van der Waals surface area contributed by atoms with Crippen molar-refractivity contribution in [3.63, 3.8) is 0 Å². The molecule has 1 saturated carbocycles. The quantitative estimate of drug-likeness (QED) is 0.695. The predicted molar refractivity (Wildman–Crippen MR) is 115 cm³/mol. The number of amidine groups is 1. The number of rotatable bonds is 6. The molecule has 2 N–H and O–H groups in total. The topological polar surface area (TPSA) is 67.2 Å². The third-order valence-corrected chi connectivity index (χ3v) is 5.18. The highest BCUT2D eigenvalue weighted by Gasteiger charge is 2.30. The van der Waals surface area contributed by atoms with Crippen LogP contribution in [0.1, 0.15) is 18.4 Å². The number of nitrogens with zero attached hydrogens (tertiary/aromatic N) is 4. The van der Waals surface area contributed by atoms with Crippen LogP contribution in [-0.2, 0) is 6.54 Å². The fraction of sp³-hybridized carbons (Fsp3) is 0.300. The lowest BCUT2D eigenvalue weighted by Gasteiger charge is -2.13. The van der Waals surface area contributed by atoms with Gasteiger partial charge in [0, 0.05) is 31.9 Å². The average Bonchev–Trinajstić information content (AvgIpc) is 3.42. The van der Waals surface area contributed by atoms with Crippen LogP contribution in [0.2, 0.25) is 0 Å². The lowest BCUT2D eigenvalue weighted by molar-refractivity contribution is 1.05. The Bertz CT molecular complexity index is 937. The van der Waals surface area contributed by atoms with E-state index in [1.165, 1.54) is 29.7 Å². The summed E-state index contributed by atoms with van der Waals surface area (Å²) in [6, 6.07) is 8.41. The fourth-order valence-electron chi connectivity index (χ4n) is 2.84. The Morgan fingerprint density at radius 2 is 2.00 bits per heavy atom. The lowest BCUT2D eigenvalue weighted by atomic mass is 10.2. The van der Waals surface area contributed by atoms with Crippen molar-refractivity contribution in [2.45, 2.75) is 19.4 Å². The van der Waals surface area contributed by atoms with Crippen molar-refractivity contribution in [2.24, 2.45) is 5.92 Å². The van der Waals surface area contributed by atoms with Crippen LogP contribution in [0.3, 0.4) is 0 Å². The Morgan fingerprint density at radius 3 is 2.70 bits per heavy atom. The summed E-state index contributed by atoms with van der Waals surface area (Å²) in [6.45, 7) is 0.662. The summed E-state index contributed by atoms with van der Waals surface area (Å²) in [7, 11) is 4.07. The van der Waals surface area contributed by atoms with E-state index in [0.717, 1.165) is 10.3 Å². The summed E-state index contributed by atoms with van der Waals surface area (Å²) in [5.41, 5.74) is 3.66. The zero-order chi connectivity index (χ0) is 18.8. The first kappa shape index (κ1) is 17.8. The monoisotopic (exact) mass is 425 g/mol. The van der Waals surface area contributed by atoms with Crippen molar-refractivity contribution in [3.8, 4) is 0 Å². The van der Waals surface area contributed by atoms with Crippen LogP contribution in [-0.4, -0.2) is 36.1 Å². The molecule has 0 atom stereocenters. The van der Waals surface area contributed by atoms with Gasteiger partial charge in [-0.05, 0) is 52.4 Å². The molecule has 1 aromatic heterocycles. The van der Waals surface area contributed by atoms with Crippen molar-refractivity contribution in [1.82, 2.24) is 14.6 Å². The molecule has 2 aromatic rings.